The molecule has 0 radical (unpaired) electrons. The third-order valence-corrected chi connectivity index (χ3v) is 6.65. The maximum Gasteiger partial charge on any atom is 0.296 e. The van der Waals surface area contributed by atoms with Gasteiger partial charge >= 0.3 is 0 Å². The summed E-state index contributed by atoms with van der Waals surface area (Å²) in [4.78, 5) is 32.8. The van der Waals surface area contributed by atoms with E-state index in [4.69, 9.17) is 16.3 Å². The number of pyridine rings is 1. The Morgan fingerprint density at radius 2 is 2.06 bits per heavy atom. The fraction of sp³-hybridized carbons (Fsp3) is 0.208. The van der Waals surface area contributed by atoms with E-state index in [1.54, 1.807) is 36.5 Å². The van der Waals surface area contributed by atoms with Crippen molar-refractivity contribution < 1.29 is 19.4 Å². The van der Waals surface area contributed by atoms with E-state index < -0.39 is 17.7 Å². The summed E-state index contributed by atoms with van der Waals surface area (Å²) in [6, 6.07) is 11.4. The van der Waals surface area contributed by atoms with Gasteiger partial charge in [-0.05, 0) is 61.2 Å². The van der Waals surface area contributed by atoms with Gasteiger partial charge in [-0.3, -0.25) is 14.6 Å². The molecular weight excluding hydrogens is 448 g/mol. The Morgan fingerprint density at radius 1 is 1.25 bits per heavy atom. The largest absolute Gasteiger partial charge is 0.507 e. The van der Waals surface area contributed by atoms with Crippen LogP contribution in [0.5, 0.6) is 5.75 Å². The first-order valence-corrected chi connectivity index (χ1v) is 11.3. The van der Waals surface area contributed by atoms with Crippen LogP contribution in [0, 0.1) is 6.92 Å². The molecule has 1 amide bonds. The second-order valence-corrected chi connectivity index (χ2v) is 8.65. The van der Waals surface area contributed by atoms with Gasteiger partial charge in [-0.1, -0.05) is 17.7 Å². The SMILES string of the molecule is CCOc1ccc(Cl)c(/C(O)=C2\C(=O)C(=O)N(Cc3ccccn3)C2c2sccc2C)c1. The van der Waals surface area contributed by atoms with E-state index in [1.807, 2.05) is 31.4 Å². The quantitative estimate of drug-likeness (QED) is 0.308. The number of thiophene rings is 1. The van der Waals surface area contributed by atoms with E-state index in [0.717, 1.165) is 10.4 Å². The number of aromatic nitrogens is 1. The average molecular weight is 469 g/mol. The van der Waals surface area contributed by atoms with Crippen LogP contribution in [0.4, 0.5) is 0 Å². The molecule has 164 valence electrons. The average Bonchev–Trinajstić information content (AvgIpc) is 3.31. The summed E-state index contributed by atoms with van der Waals surface area (Å²) < 4.78 is 5.52. The summed E-state index contributed by atoms with van der Waals surface area (Å²) in [5.74, 6) is -1.26. The molecule has 3 aromatic rings. The summed E-state index contributed by atoms with van der Waals surface area (Å²) in [6.07, 6.45) is 1.64. The number of rotatable bonds is 6. The van der Waals surface area contributed by atoms with Crippen molar-refractivity contribution in [3.05, 3.63) is 86.3 Å². The van der Waals surface area contributed by atoms with Gasteiger partial charge < -0.3 is 14.7 Å². The Morgan fingerprint density at radius 3 is 2.72 bits per heavy atom. The summed E-state index contributed by atoms with van der Waals surface area (Å²) in [5, 5.41) is 13.4. The molecule has 1 aromatic carbocycles. The number of halogens is 1. The molecule has 1 saturated heterocycles. The van der Waals surface area contributed by atoms with Crippen LogP contribution >= 0.6 is 22.9 Å². The number of Topliss-reactive ketones (excluding diaryl/α,β-unsaturated/α-hetero) is 1. The van der Waals surface area contributed by atoms with Crippen molar-refractivity contribution >= 4 is 40.4 Å². The molecule has 8 heteroatoms. The molecule has 0 saturated carbocycles. The Bertz CT molecular complexity index is 1210. The minimum Gasteiger partial charge on any atom is -0.507 e. The van der Waals surface area contributed by atoms with E-state index in [9.17, 15) is 14.7 Å². The Hall–Kier alpha value is -3.16. The van der Waals surface area contributed by atoms with Crippen LogP contribution in [-0.4, -0.2) is 33.3 Å². The number of ether oxygens (including phenoxy) is 1. The highest BCUT2D eigenvalue weighted by Gasteiger charge is 2.47. The van der Waals surface area contributed by atoms with Gasteiger partial charge in [0, 0.05) is 16.6 Å². The molecular formula is C24H21ClN2O4S. The van der Waals surface area contributed by atoms with Gasteiger partial charge in [0.25, 0.3) is 11.7 Å². The molecule has 4 rings (SSSR count). The van der Waals surface area contributed by atoms with E-state index in [1.165, 1.54) is 16.2 Å². The number of aliphatic hydroxyl groups is 1. The number of likely N-dealkylation sites (tertiary alicyclic amines) is 1. The highest BCUT2D eigenvalue weighted by Crippen LogP contribution is 2.44. The Kier molecular flexibility index (Phi) is 6.30. The number of carbonyl (C=O) groups is 2. The zero-order valence-corrected chi connectivity index (χ0v) is 19.1. The zero-order chi connectivity index (χ0) is 22.8. The van der Waals surface area contributed by atoms with Crippen molar-refractivity contribution in [2.45, 2.75) is 26.4 Å². The van der Waals surface area contributed by atoms with Crippen molar-refractivity contribution in [3.63, 3.8) is 0 Å². The van der Waals surface area contributed by atoms with E-state index >= 15 is 0 Å². The van der Waals surface area contributed by atoms with Gasteiger partial charge in [0.2, 0.25) is 0 Å². The fourth-order valence-corrected chi connectivity index (χ4v) is 4.99. The van der Waals surface area contributed by atoms with Gasteiger partial charge in [0.15, 0.2) is 0 Å². The van der Waals surface area contributed by atoms with Gasteiger partial charge in [-0.25, -0.2) is 0 Å². The zero-order valence-electron chi connectivity index (χ0n) is 17.5. The molecule has 1 aliphatic heterocycles. The molecule has 1 unspecified atom stereocenters. The molecule has 1 aliphatic rings. The van der Waals surface area contributed by atoms with Gasteiger partial charge in [-0.2, -0.15) is 0 Å². The van der Waals surface area contributed by atoms with Crippen molar-refractivity contribution in [1.29, 1.82) is 0 Å². The van der Waals surface area contributed by atoms with Crippen molar-refractivity contribution in [3.8, 4) is 5.75 Å². The third kappa shape index (κ3) is 4.01. The Balaban J connectivity index is 1.88. The normalized spacial score (nSPS) is 17.7. The van der Waals surface area contributed by atoms with Crippen LogP contribution in [0.3, 0.4) is 0 Å². The number of nitrogens with zero attached hydrogens (tertiary/aromatic N) is 2. The molecule has 32 heavy (non-hydrogen) atoms. The standard InChI is InChI=1S/C24H21ClN2O4S/c1-3-31-16-7-8-18(25)17(12-16)21(28)19-20(23-14(2)9-11-32-23)27(24(30)22(19)29)13-15-6-4-5-10-26-15/h4-12,20,28H,3,13H2,1-2H3/b21-19+. The molecule has 6 nitrogen and oxygen atoms in total. The van der Waals surface area contributed by atoms with Gasteiger partial charge in [0.1, 0.15) is 17.6 Å². The number of hydrogen-bond acceptors (Lipinski definition) is 6. The van der Waals surface area contributed by atoms with Gasteiger partial charge in [0.05, 0.1) is 29.4 Å². The van der Waals surface area contributed by atoms with E-state index in [2.05, 4.69) is 4.98 Å². The smallest absolute Gasteiger partial charge is 0.296 e. The lowest BCUT2D eigenvalue weighted by Gasteiger charge is -2.24. The molecule has 1 N–H and O–H groups in total. The van der Waals surface area contributed by atoms with Crippen molar-refractivity contribution in [2.75, 3.05) is 6.61 Å². The minimum atomic E-state index is -0.755. The predicted octanol–water partition coefficient (Wildman–Crippen LogP) is 5.13. The first kappa shape index (κ1) is 22.0. The van der Waals surface area contributed by atoms with Crippen LogP contribution in [0.25, 0.3) is 5.76 Å². The minimum absolute atomic E-state index is 0.00651. The lowest BCUT2D eigenvalue weighted by atomic mass is 9.98. The first-order valence-electron chi connectivity index (χ1n) is 10.1. The third-order valence-electron chi connectivity index (χ3n) is 5.25. The van der Waals surface area contributed by atoms with E-state index in [0.29, 0.717) is 18.1 Å². The number of hydrogen-bond donors (Lipinski definition) is 1. The summed E-state index contributed by atoms with van der Waals surface area (Å²) in [7, 11) is 0. The lowest BCUT2D eigenvalue weighted by molar-refractivity contribution is -0.140. The first-order chi connectivity index (χ1) is 15.4. The number of carbonyl (C=O) groups excluding carboxylic acids is 2. The number of amides is 1. The summed E-state index contributed by atoms with van der Waals surface area (Å²) in [5.41, 5.74) is 1.82. The van der Waals surface area contributed by atoms with Crippen molar-refractivity contribution in [1.82, 2.24) is 9.88 Å². The van der Waals surface area contributed by atoms with Crippen LogP contribution in [0.2, 0.25) is 5.02 Å². The number of ketones is 1. The number of aliphatic hydroxyl groups excluding tert-OH is 1. The van der Waals surface area contributed by atoms with Crippen LogP contribution in [-0.2, 0) is 16.1 Å². The Labute approximate surface area is 194 Å². The fourth-order valence-electron chi connectivity index (χ4n) is 3.73. The molecule has 0 spiro atoms. The topological polar surface area (TPSA) is 79.7 Å². The predicted molar refractivity (Wildman–Crippen MR) is 124 cm³/mol. The summed E-state index contributed by atoms with van der Waals surface area (Å²) in [6.45, 7) is 4.33. The van der Waals surface area contributed by atoms with Crippen LogP contribution < -0.4 is 4.74 Å². The maximum atomic E-state index is 13.2. The molecule has 2 aromatic heterocycles. The highest BCUT2D eigenvalue weighted by atomic mass is 35.5. The second kappa shape index (κ2) is 9.14. The monoisotopic (exact) mass is 468 g/mol. The lowest BCUT2D eigenvalue weighted by Crippen LogP contribution is -2.29. The molecule has 0 bridgehead atoms. The number of aryl methyl sites for hydroxylation is 1. The number of benzene rings is 1. The maximum absolute atomic E-state index is 13.2. The van der Waals surface area contributed by atoms with Crippen molar-refractivity contribution in [2.24, 2.45) is 0 Å². The summed E-state index contributed by atoms with van der Waals surface area (Å²) >= 11 is 7.78. The molecule has 3 heterocycles. The molecule has 1 fully saturated rings. The van der Waals surface area contributed by atoms with Gasteiger partial charge in [-0.15, -0.1) is 11.3 Å². The van der Waals surface area contributed by atoms with E-state index in [-0.39, 0.29) is 28.5 Å². The second-order valence-electron chi connectivity index (χ2n) is 7.29. The molecule has 0 aliphatic carbocycles. The molecule has 1 atom stereocenters. The van der Waals surface area contributed by atoms with Crippen LogP contribution in [0.1, 0.15) is 34.7 Å². The van der Waals surface area contributed by atoms with Crippen LogP contribution in [0.15, 0.2) is 59.6 Å². The highest BCUT2D eigenvalue weighted by molar-refractivity contribution is 7.10.